The van der Waals surface area contributed by atoms with E-state index in [1.807, 2.05) is 6.92 Å². The van der Waals surface area contributed by atoms with E-state index in [4.69, 9.17) is 0 Å². The molecular formula is C11H19N5O. The van der Waals surface area contributed by atoms with E-state index in [1.165, 1.54) is 12.8 Å². The fraction of sp³-hybridized carbons (Fsp3) is 0.727. The number of nitrogens with zero attached hydrogens (tertiary/aromatic N) is 2. The lowest BCUT2D eigenvalue weighted by molar-refractivity contribution is 0.0942. The smallest absolute Gasteiger partial charge is 0.290 e. The molecule has 1 aliphatic rings. The molecule has 2 heterocycles. The quantitative estimate of drug-likeness (QED) is 0.685. The third-order valence-electron chi connectivity index (χ3n) is 3.01. The zero-order valence-electron chi connectivity index (χ0n) is 10.1. The van der Waals surface area contributed by atoms with Gasteiger partial charge in [-0.1, -0.05) is 6.92 Å². The molecule has 1 fully saturated rings. The predicted molar refractivity (Wildman–Crippen MR) is 63.7 cm³/mol. The summed E-state index contributed by atoms with van der Waals surface area (Å²) in [6.45, 7) is 3.74. The number of aromatic nitrogens is 3. The molecule has 1 aliphatic heterocycles. The second kappa shape index (κ2) is 5.77. The fourth-order valence-electron chi connectivity index (χ4n) is 2.00. The van der Waals surface area contributed by atoms with Gasteiger partial charge in [0.1, 0.15) is 5.82 Å². The Bertz CT molecular complexity index is 370. The number of aromatic amines is 1. The number of amides is 1. The van der Waals surface area contributed by atoms with Gasteiger partial charge in [-0.3, -0.25) is 9.89 Å². The molecule has 1 saturated heterocycles. The average Bonchev–Trinajstić information content (AvgIpc) is 2.99. The molecule has 0 unspecified atom stereocenters. The van der Waals surface area contributed by atoms with Gasteiger partial charge in [0.2, 0.25) is 5.82 Å². The molecule has 0 radical (unpaired) electrons. The van der Waals surface area contributed by atoms with Gasteiger partial charge in [0.05, 0.1) is 0 Å². The predicted octanol–water partition coefficient (Wildman–Crippen LogP) is 0.239. The maximum absolute atomic E-state index is 11.7. The zero-order valence-corrected chi connectivity index (χ0v) is 10.1. The normalized spacial score (nSPS) is 19.5. The number of H-pyrrole nitrogens is 1. The van der Waals surface area contributed by atoms with Crippen LogP contribution in [0.15, 0.2) is 0 Å². The Labute approximate surface area is 101 Å². The lowest BCUT2D eigenvalue weighted by Crippen LogP contribution is -2.31. The van der Waals surface area contributed by atoms with Gasteiger partial charge in [-0.2, -0.15) is 0 Å². The second-order valence-corrected chi connectivity index (χ2v) is 4.30. The molecular weight excluding hydrogens is 218 g/mol. The summed E-state index contributed by atoms with van der Waals surface area (Å²) in [4.78, 5) is 15.8. The summed E-state index contributed by atoms with van der Waals surface area (Å²) < 4.78 is 0. The Morgan fingerprint density at radius 3 is 3.12 bits per heavy atom. The number of nitrogens with one attached hydrogen (secondary N) is 3. The van der Waals surface area contributed by atoms with Crippen LogP contribution in [-0.2, 0) is 6.42 Å². The maximum atomic E-state index is 11.7. The minimum atomic E-state index is -0.195. The number of carbonyl (C=O) groups is 1. The molecule has 0 saturated carbocycles. The summed E-state index contributed by atoms with van der Waals surface area (Å²) in [5, 5.41) is 12.8. The van der Waals surface area contributed by atoms with E-state index in [2.05, 4.69) is 25.8 Å². The van der Waals surface area contributed by atoms with Gasteiger partial charge in [0.15, 0.2) is 0 Å². The Kier molecular flexibility index (Phi) is 4.08. The van der Waals surface area contributed by atoms with Crippen molar-refractivity contribution in [3.63, 3.8) is 0 Å². The number of aryl methyl sites for hydroxylation is 1. The monoisotopic (exact) mass is 237 g/mol. The SMILES string of the molecule is CCc1nc(C(=O)NCC[C@H]2CCCN2)n[nH]1. The van der Waals surface area contributed by atoms with Crippen LogP contribution in [-0.4, -0.2) is 40.2 Å². The molecule has 1 amide bonds. The van der Waals surface area contributed by atoms with Gasteiger partial charge >= 0.3 is 0 Å². The molecule has 0 spiro atoms. The lowest BCUT2D eigenvalue weighted by Gasteiger charge is -2.09. The molecule has 0 aliphatic carbocycles. The Morgan fingerprint density at radius 1 is 1.59 bits per heavy atom. The van der Waals surface area contributed by atoms with E-state index in [1.54, 1.807) is 0 Å². The summed E-state index contributed by atoms with van der Waals surface area (Å²) in [6.07, 6.45) is 4.17. The van der Waals surface area contributed by atoms with Crippen molar-refractivity contribution in [3.8, 4) is 0 Å². The standard InChI is InChI=1S/C11H19N5O/c1-2-9-14-10(16-15-9)11(17)13-7-5-8-4-3-6-12-8/h8,12H,2-7H2,1H3,(H,13,17)(H,14,15,16)/t8-/m1/s1. The molecule has 0 aromatic carbocycles. The summed E-state index contributed by atoms with van der Waals surface area (Å²) in [6, 6.07) is 0.550. The van der Waals surface area contributed by atoms with Crippen molar-refractivity contribution in [2.24, 2.45) is 0 Å². The second-order valence-electron chi connectivity index (χ2n) is 4.30. The topological polar surface area (TPSA) is 82.7 Å². The largest absolute Gasteiger partial charge is 0.349 e. The van der Waals surface area contributed by atoms with Gasteiger partial charge in [0.25, 0.3) is 5.91 Å². The number of hydrogen-bond donors (Lipinski definition) is 3. The fourth-order valence-corrected chi connectivity index (χ4v) is 2.00. The van der Waals surface area contributed by atoms with Crippen molar-refractivity contribution in [1.82, 2.24) is 25.8 Å². The highest BCUT2D eigenvalue weighted by atomic mass is 16.2. The highest BCUT2D eigenvalue weighted by Crippen LogP contribution is 2.07. The molecule has 6 nitrogen and oxygen atoms in total. The van der Waals surface area contributed by atoms with E-state index in [0.717, 1.165) is 25.2 Å². The lowest BCUT2D eigenvalue weighted by atomic mass is 10.1. The van der Waals surface area contributed by atoms with E-state index >= 15 is 0 Å². The van der Waals surface area contributed by atoms with Crippen LogP contribution in [0.25, 0.3) is 0 Å². The summed E-state index contributed by atoms with van der Waals surface area (Å²) in [7, 11) is 0. The van der Waals surface area contributed by atoms with Crippen molar-refractivity contribution < 1.29 is 4.79 Å². The first kappa shape index (κ1) is 12.0. The Hall–Kier alpha value is -1.43. The molecule has 1 aromatic rings. The van der Waals surface area contributed by atoms with Crippen LogP contribution in [0.2, 0.25) is 0 Å². The summed E-state index contributed by atoms with van der Waals surface area (Å²) in [5.41, 5.74) is 0. The molecule has 17 heavy (non-hydrogen) atoms. The number of hydrogen-bond acceptors (Lipinski definition) is 4. The van der Waals surface area contributed by atoms with E-state index < -0.39 is 0 Å². The highest BCUT2D eigenvalue weighted by Gasteiger charge is 2.15. The van der Waals surface area contributed by atoms with Crippen LogP contribution in [0.4, 0.5) is 0 Å². The van der Waals surface area contributed by atoms with Crippen LogP contribution < -0.4 is 10.6 Å². The molecule has 1 atom stereocenters. The Balaban J connectivity index is 1.72. The Morgan fingerprint density at radius 2 is 2.47 bits per heavy atom. The molecule has 94 valence electrons. The molecule has 3 N–H and O–H groups in total. The van der Waals surface area contributed by atoms with E-state index in [0.29, 0.717) is 12.6 Å². The third kappa shape index (κ3) is 3.26. The van der Waals surface area contributed by atoms with Crippen molar-refractivity contribution in [3.05, 3.63) is 11.6 Å². The van der Waals surface area contributed by atoms with Gasteiger partial charge in [-0.15, -0.1) is 5.10 Å². The van der Waals surface area contributed by atoms with Gasteiger partial charge in [-0.05, 0) is 25.8 Å². The highest BCUT2D eigenvalue weighted by molar-refractivity contribution is 5.90. The van der Waals surface area contributed by atoms with E-state index in [-0.39, 0.29) is 11.7 Å². The van der Waals surface area contributed by atoms with Gasteiger partial charge < -0.3 is 10.6 Å². The maximum Gasteiger partial charge on any atom is 0.290 e. The minimum Gasteiger partial charge on any atom is -0.349 e. The van der Waals surface area contributed by atoms with Crippen molar-refractivity contribution in [1.29, 1.82) is 0 Å². The van der Waals surface area contributed by atoms with Gasteiger partial charge in [0, 0.05) is 19.0 Å². The van der Waals surface area contributed by atoms with Gasteiger partial charge in [-0.25, -0.2) is 4.98 Å². The van der Waals surface area contributed by atoms with Crippen LogP contribution >= 0.6 is 0 Å². The summed E-state index contributed by atoms with van der Waals surface area (Å²) >= 11 is 0. The van der Waals surface area contributed by atoms with Crippen molar-refractivity contribution in [2.75, 3.05) is 13.1 Å². The summed E-state index contributed by atoms with van der Waals surface area (Å²) in [5.74, 6) is 0.785. The zero-order chi connectivity index (χ0) is 12.1. The molecule has 2 rings (SSSR count). The first-order chi connectivity index (χ1) is 8.29. The first-order valence-electron chi connectivity index (χ1n) is 6.22. The molecule has 6 heteroatoms. The molecule has 1 aromatic heterocycles. The van der Waals surface area contributed by atoms with Crippen LogP contribution in [0.3, 0.4) is 0 Å². The molecule has 0 bridgehead atoms. The first-order valence-corrected chi connectivity index (χ1v) is 6.22. The van der Waals surface area contributed by atoms with Crippen LogP contribution in [0.5, 0.6) is 0 Å². The minimum absolute atomic E-state index is 0.195. The number of carbonyl (C=O) groups excluding carboxylic acids is 1. The number of rotatable bonds is 5. The van der Waals surface area contributed by atoms with Crippen molar-refractivity contribution >= 4 is 5.91 Å². The third-order valence-corrected chi connectivity index (χ3v) is 3.01. The van der Waals surface area contributed by atoms with Crippen LogP contribution in [0.1, 0.15) is 42.6 Å². The average molecular weight is 237 g/mol. The van der Waals surface area contributed by atoms with Crippen molar-refractivity contribution in [2.45, 2.75) is 38.6 Å². The van der Waals surface area contributed by atoms with Crippen LogP contribution in [0, 0.1) is 0 Å². The van der Waals surface area contributed by atoms with E-state index in [9.17, 15) is 4.79 Å².